The maximum Gasteiger partial charge on any atom is 0.302 e. The van der Waals surface area contributed by atoms with Crippen LogP contribution in [0.3, 0.4) is 0 Å². The van der Waals surface area contributed by atoms with Crippen LogP contribution in [0.5, 0.6) is 0 Å². The number of hydrogen-bond acceptors (Lipinski definition) is 7. The third-order valence-electron chi connectivity index (χ3n) is 3.25. The number of nitrogens with zero attached hydrogens (tertiary/aromatic N) is 1. The molecule has 0 aromatic heterocycles. The standard InChI is InChI=1S/C12H18N2O6/c1-6-4-14(12(18)13-11(6)17)10-3-8(19-7(2)16)9(5-15)20-10/h4,8-10,12,15,18H,3,5H2,1-2H3,(H,13,17)/t8-,9-,10-,12?/m1/s1. The first-order valence-electron chi connectivity index (χ1n) is 6.30. The lowest BCUT2D eigenvalue weighted by atomic mass is 10.1. The molecule has 4 atom stereocenters. The van der Waals surface area contributed by atoms with Crippen LogP contribution < -0.4 is 5.32 Å². The molecule has 2 heterocycles. The van der Waals surface area contributed by atoms with E-state index in [9.17, 15) is 19.8 Å². The highest BCUT2D eigenvalue weighted by molar-refractivity contribution is 5.93. The summed E-state index contributed by atoms with van der Waals surface area (Å²) < 4.78 is 10.6. The fraction of sp³-hybridized carbons (Fsp3) is 0.667. The van der Waals surface area contributed by atoms with Gasteiger partial charge in [0.15, 0.2) is 0 Å². The van der Waals surface area contributed by atoms with E-state index in [-0.39, 0.29) is 12.5 Å². The van der Waals surface area contributed by atoms with Crippen LogP contribution in [0.1, 0.15) is 20.3 Å². The molecule has 1 amide bonds. The SMILES string of the molecule is CC(=O)O[C@@H]1C[C@H](N2C=C(C)C(=O)NC2O)O[C@@H]1CO. The van der Waals surface area contributed by atoms with Crippen LogP contribution in [0.2, 0.25) is 0 Å². The van der Waals surface area contributed by atoms with Gasteiger partial charge in [-0.15, -0.1) is 0 Å². The van der Waals surface area contributed by atoms with Crippen molar-refractivity contribution in [1.29, 1.82) is 0 Å². The predicted molar refractivity (Wildman–Crippen MR) is 65.7 cm³/mol. The number of nitrogens with one attached hydrogen (secondary N) is 1. The first-order valence-corrected chi connectivity index (χ1v) is 6.30. The second kappa shape index (κ2) is 5.78. The zero-order valence-electron chi connectivity index (χ0n) is 11.3. The number of rotatable bonds is 3. The molecule has 0 bridgehead atoms. The molecule has 2 rings (SSSR count). The Morgan fingerprint density at radius 3 is 2.95 bits per heavy atom. The quantitative estimate of drug-likeness (QED) is 0.550. The van der Waals surface area contributed by atoms with Crippen LogP contribution in [0.4, 0.5) is 0 Å². The van der Waals surface area contributed by atoms with Crippen molar-refractivity contribution in [2.45, 2.75) is 45.1 Å². The van der Waals surface area contributed by atoms with Gasteiger partial charge < -0.3 is 29.9 Å². The van der Waals surface area contributed by atoms with Crippen molar-refractivity contribution in [3.63, 3.8) is 0 Å². The van der Waals surface area contributed by atoms with E-state index in [0.29, 0.717) is 12.0 Å². The molecule has 2 aliphatic rings. The molecule has 0 spiro atoms. The maximum absolute atomic E-state index is 11.4. The Labute approximate surface area is 116 Å². The van der Waals surface area contributed by atoms with Crippen molar-refractivity contribution < 1.29 is 29.3 Å². The molecule has 1 unspecified atom stereocenters. The number of esters is 1. The van der Waals surface area contributed by atoms with Gasteiger partial charge in [0.1, 0.15) is 18.4 Å². The Bertz CT molecular complexity index is 438. The minimum atomic E-state index is -1.22. The molecule has 0 radical (unpaired) electrons. The Kier molecular flexibility index (Phi) is 4.26. The topological polar surface area (TPSA) is 108 Å². The van der Waals surface area contributed by atoms with Crippen LogP contribution in [0.15, 0.2) is 11.8 Å². The van der Waals surface area contributed by atoms with E-state index in [1.807, 2.05) is 0 Å². The summed E-state index contributed by atoms with van der Waals surface area (Å²) in [6.07, 6.45) is -1.27. The van der Waals surface area contributed by atoms with Crippen molar-refractivity contribution in [2.75, 3.05) is 6.61 Å². The lowest BCUT2D eigenvalue weighted by molar-refractivity contribution is -0.153. The van der Waals surface area contributed by atoms with Gasteiger partial charge >= 0.3 is 5.97 Å². The van der Waals surface area contributed by atoms with Gasteiger partial charge in [-0.2, -0.15) is 0 Å². The molecule has 0 aliphatic carbocycles. The van der Waals surface area contributed by atoms with Crippen LogP contribution in [0.25, 0.3) is 0 Å². The van der Waals surface area contributed by atoms with E-state index in [1.54, 1.807) is 6.92 Å². The highest BCUT2D eigenvalue weighted by Crippen LogP contribution is 2.28. The van der Waals surface area contributed by atoms with Crippen LogP contribution in [-0.4, -0.2) is 58.4 Å². The normalized spacial score (nSPS) is 33.7. The molecule has 20 heavy (non-hydrogen) atoms. The number of hydrogen-bond donors (Lipinski definition) is 3. The molecule has 0 aromatic rings. The van der Waals surface area contributed by atoms with E-state index in [1.165, 1.54) is 18.0 Å². The molecule has 0 saturated carbocycles. The summed E-state index contributed by atoms with van der Waals surface area (Å²) in [6.45, 7) is 2.59. The lowest BCUT2D eigenvalue weighted by Crippen LogP contribution is -2.53. The van der Waals surface area contributed by atoms with E-state index >= 15 is 0 Å². The number of amides is 1. The van der Waals surface area contributed by atoms with Gasteiger partial charge in [-0.3, -0.25) is 9.59 Å². The Morgan fingerprint density at radius 1 is 1.65 bits per heavy atom. The fourth-order valence-electron chi connectivity index (χ4n) is 2.28. The summed E-state index contributed by atoms with van der Waals surface area (Å²) in [5.74, 6) is -0.820. The number of aliphatic hydroxyl groups excluding tert-OH is 2. The Balaban J connectivity index is 2.10. The highest BCUT2D eigenvalue weighted by Gasteiger charge is 2.42. The zero-order valence-corrected chi connectivity index (χ0v) is 11.3. The summed E-state index contributed by atoms with van der Waals surface area (Å²) >= 11 is 0. The number of aliphatic hydroxyl groups is 2. The average molecular weight is 286 g/mol. The van der Waals surface area contributed by atoms with Crippen LogP contribution in [0, 0.1) is 0 Å². The molecule has 2 aliphatic heterocycles. The van der Waals surface area contributed by atoms with Crippen LogP contribution >= 0.6 is 0 Å². The van der Waals surface area contributed by atoms with Gasteiger partial charge in [0.05, 0.1) is 6.61 Å². The van der Waals surface area contributed by atoms with Crippen LogP contribution in [-0.2, 0) is 19.1 Å². The second-order valence-corrected chi connectivity index (χ2v) is 4.80. The van der Waals surface area contributed by atoms with Crippen molar-refractivity contribution in [3.05, 3.63) is 11.8 Å². The first kappa shape index (κ1) is 14.8. The van der Waals surface area contributed by atoms with E-state index in [2.05, 4.69) is 5.32 Å². The lowest BCUT2D eigenvalue weighted by Gasteiger charge is -2.35. The molecule has 112 valence electrons. The van der Waals surface area contributed by atoms with Crippen molar-refractivity contribution in [2.24, 2.45) is 0 Å². The molecule has 3 N–H and O–H groups in total. The Morgan fingerprint density at radius 2 is 2.35 bits per heavy atom. The summed E-state index contributed by atoms with van der Waals surface area (Å²) in [7, 11) is 0. The second-order valence-electron chi connectivity index (χ2n) is 4.80. The largest absolute Gasteiger partial charge is 0.460 e. The van der Waals surface area contributed by atoms with E-state index < -0.39 is 30.8 Å². The molecule has 1 saturated heterocycles. The zero-order chi connectivity index (χ0) is 14.9. The summed E-state index contributed by atoms with van der Waals surface area (Å²) in [5.41, 5.74) is 0.426. The van der Waals surface area contributed by atoms with Gasteiger partial charge in [0.25, 0.3) is 5.91 Å². The number of carbonyl (C=O) groups excluding carboxylic acids is 2. The van der Waals surface area contributed by atoms with Crippen molar-refractivity contribution in [3.8, 4) is 0 Å². The first-order chi connectivity index (χ1) is 9.42. The van der Waals surface area contributed by atoms with E-state index in [4.69, 9.17) is 9.47 Å². The molecule has 0 aromatic carbocycles. The maximum atomic E-state index is 11.4. The smallest absolute Gasteiger partial charge is 0.302 e. The average Bonchev–Trinajstić information content (AvgIpc) is 2.75. The summed E-state index contributed by atoms with van der Waals surface area (Å²) in [6, 6.07) is 0. The van der Waals surface area contributed by atoms with Gasteiger partial charge in [-0.25, -0.2) is 0 Å². The minimum absolute atomic E-state index is 0.293. The minimum Gasteiger partial charge on any atom is -0.460 e. The molecule has 8 heteroatoms. The molecule has 8 nitrogen and oxygen atoms in total. The number of ether oxygens (including phenoxy) is 2. The van der Waals surface area contributed by atoms with Gasteiger partial charge in [-0.05, 0) is 6.92 Å². The molecule has 1 fully saturated rings. The molecular weight excluding hydrogens is 268 g/mol. The highest BCUT2D eigenvalue weighted by atomic mass is 16.6. The van der Waals surface area contributed by atoms with Gasteiger partial charge in [0, 0.05) is 25.1 Å². The van der Waals surface area contributed by atoms with Crippen molar-refractivity contribution >= 4 is 11.9 Å². The Hall–Kier alpha value is -1.64. The summed E-state index contributed by atoms with van der Waals surface area (Å²) in [4.78, 5) is 23.8. The van der Waals surface area contributed by atoms with E-state index in [0.717, 1.165) is 0 Å². The van der Waals surface area contributed by atoms with Gasteiger partial charge in [-0.1, -0.05) is 0 Å². The molecular formula is C12H18N2O6. The number of carbonyl (C=O) groups is 2. The predicted octanol–water partition coefficient (Wildman–Crippen LogP) is -1.36. The summed E-state index contributed by atoms with van der Waals surface area (Å²) in [5, 5.41) is 21.5. The van der Waals surface area contributed by atoms with Crippen molar-refractivity contribution in [1.82, 2.24) is 10.2 Å². The monoisotopic (exact) mass is 286 g/mol. The third-order valence-corrected chi connectivity index (χ3v) is 3.25. The third kappa shape index (κ3) is 2.92. The van der Waals surface area contributed by atoms with Gasteiger partial charge in [0.2, 0.25) is 6.35 Å². The fourth-order valence-corrected chi connectivity index (χ4v) is 2.28.